The van der Waals surface area contributed by atoms with Crippen molar-refractivity contribution in [3.8, 4) is 0 Å². The molecule has 0 fully saturated rings. The Labute approximate surface area is 80.3 Å². The zero-order chi connectivity index (χ0) is 11.8. The summed E-state index contributed by atoms with van der Waals surface area (Å²) >= 11 is 0. The third-order valence-corrected chi connectivity index (χ3v) is 7.20. The molecule has 0 atom stereocenters. The molecule has 0 saturated heterocycles. The summed E-state index contributed by atoms with van der Waals surface area (Å²) in [5.74, 6) is 0. The van der Waals surface area contributed by atoms with Crippen molar-refractivity contribution in [3.05, 3.63) is 0 Å². The molecule has 14 heavy (non-hydrogen) atoms. The Morgan fingerprint density at radius 1 is 0.929 bits per heavy atom. The van der Waals surface area contributed by atoms with Gasteiger partial charge in [-0.3, -0.25) is 13.3 Å². The molecule has 0 aliphatic heterocycles. The molecule has 0 rings (SSSR count). The van der Waals surface area contributed by atoms with Crippen LogP contribution >= 0.6 is 0 Å². The molecule has 86 valence electrons. The average Bonchev–Trinajstić information content (AvgIpc) is 1.79. The summed E-state index contributed by atoms with van der Waals surface area (Å²) in [5, 5.41) is 0. The Bertz CT molecular complexity index is 458. The first-order valence-electron chi connectivity index (χ1n) is 2.65. The van der Waals surface area contributed by atoms with E-state index in [4.69, 9.17) is 9.11 Å². The van der Waals surface area contributed by atoms with Crippen LogP contribution in [0.3, 0.4) is 0 Å². The van der Waals surface area contributed by atoms with Gasteiger partial charge in [0, 0.05) is 0 Å². The first-order chi connectivity index (χ1) is 5.93. The van der Waals surface area contributed by atoms with Crippen molar-refractivity contribution >= 4 is 30.4 Å². The van der Waals surface area contributed by atoms with Crippen LogP contribution in [-0.4, -0.2) is 45.4 Å². The van der Waals surface area contributed by atoms with Crippen LogP contribution < -0.4 is 0 Å². The Balaban J connectivity index is 5.90. The van der Waals surface area contributed by atoms with Gasteiger partial charge in [-0.25, -0.2) is 0 Å². The smallest absolute Gasteiger partial charge is 0.284 e. The number of hydrogen-bond donors (Lipinski definition) is 2. The second-order valence-electron chi connectivity index (χ2n) is 1.98. The van der Waals surface area contributed by atoms with E-state index in [1.54, 1.807) is 0 Å². The Morgan fingerprint density at radius 2 is 1.21 bits per heavy atom. The summed E-state index contributed by atoms with van der Waals surface area (Å²) in [4.78, 5) is 0. The molecule has 0 unspecified atom stereocenters. The summed E-state index contributed by atoms with van der Waals surface area (Å²) in [6.07, 6.45) is 0. The number of hydrogen-bond acceptors (Lipinski definition) is 7. The standard InChI is InChI=1S/C2H6O9S3/c1-11-14(9,10)2(12(3,4)5)13(6,7)8/h2H,1H3,(H,3,4,5)(H,6,7,8). The van der Waals surface area contributed by atoms with Gasteiger partial charge in [0.15, 0.2) is 0 Å². The molecule has 0 aromatic heterocycles. The first-order valence-corrected chi connectivity index (χ1v) is 7.13. The molecule has 0 aliphatic rings. The molecule has 12 heteroatoms. The molecule has 9 nitrogen and oxygen atoms in total. The van der Waals surface area contributed by atoms with Gasteiger partial charge in [-0.05, 0) is 0 Å². The highest BCUT2D eigenvalue weighted by molar-refractivity contribution is 8.19. The van der Waals surface area contributed by atoms with Crippen molar-refractivity contribution in [2.75, 3.05) is 7.11 Å². The van der Waals surface area contributed by atoms with Crippen LogP contribution in [0.4, 0.5) is 0 Å². The molecule has 0 aromatic carbocycles. The van der Waals surface area contributed by atoms with E-state index in [0.717, 1.165) is 0 Å². The zero-order valence-corrected chi connectivity index (χ0v) is 9.00. The predicted octanol–water partition coefficient (Wildman–Crippen LogP) is -1.98. The quantitative estimate of drug-likeness (QED) is 0.437. The first kappa shape index (κ1) is 13.7. The van der Waals surface area contributed by atoms with Gasteiger partial charge in [0.05, 0.1) is 7.11 Å². The largest absolute Gasteiger partial charge is 0.336 e. The second kappa shape index (κ2) is 3.71. The Hall–Kier alpha value is -0.270. The van der Waals surface area contributed by atoms with Crippen LogP contribution in [0.2, 0.25) is 0 Å². The minimum atomic E-state index is -5.54. The Morgan fingerprint density at radius 3 is 1.29 bits per heavy atom. The van der Waals surface area contributed by atoms with Gasteiger partial charge in [-0.2, -0.15) is 25.3 Å². The molecule has 0 spiro atoms. The van der Waals surface area contributed by atoms with E-state index < -0.39 is 34.3 Å². The predicted molar refractivity (Wildman–Crippen MR) is 42.8 cm³/mol. The fourth-order valence-electron chi connectivity index (χ4n) is 0.530. The maximum Gasteiger partial charge on any atom is 0.336 e. The lowest BCUT2D eigenvalue weighted by molar-refractivity contribution is 0.393. The van der Waals surface area contributed by atoms with Crippen molar-refractivity contribution < 1.29 is 38.5 Å². The molecule has 0 saturated carbocycles. The molecule has 0 radical (unpaired) electrons. The van der Waals surface area contributed by atoms with E-state index in [9.17, 15) is 25.3 Å². The molecule has 0 amide bonds. The molecule has 0 aromatic rings. The van der Waals surface area contributed by atoms with Crippen molar-refractivity contribution in [2.24, 2.45) is 0 Å². The van der Waals surface area contributed by atoms with Gasteiger partial charge in [0.2, 0.25) is 0 Å². The summed E-state index contributed by atoms with van der Waals surface area (Å²) < 4.78 is 79.4. The second-order valence-corrected chi connectivity index (χ2v) is 7.67. The lowest BCUT2D eigenvalue weighted by Crippen LogP contribution is -2.37. The van der Waals surface area contributed by atoms with Crippen LogP contribution in [0.15, 0.2) is 0 Å². The van der Waals surface area contributed by atoms with Gasteiger partial charge in [0.25, 0.3) is 0 Å². The fourth-order valence-corrected chi connectivity index (χ4v) is 4.77. The lowest BCUT2D eigenvalue weighted by atomic mass is 11.8. The molecule has 2 N–H and O–H groups in total. The SMILES string of the molecule is COS(=O)(=O)C(S(=O)(=O)O)S(=O)(=O)O. The van der Waals surface area contributed by atoms with Crippen LogP contribution in [0.1, 0.15) is 0 Å². The molecule has 0 aliphatic carbocycles. The van der Waals surface area contributed by atoms with Crippen LogP contribution in [0, 0.1) is 0 Å². The summed E-state index contributed by atoms with van der Waals surface area (Å²) in [5.41, 5.74) is 0. The monoisotopic (exact) mass is 270 g/mol. The third-order valence-electron chi connectivity index (χ3n) is 0.954. The van der Waals surface area contributed by atoms with Crippen LogP contribution in [-0.2, 0) is 34.5 Å². The highest BCUT2D eigenvalue weighted by atomic mass is 32.3. The van der Waals surface area contributed by atoms with Crippen LogP contribution in [0.25, 0.3) is 0 Å². The Kier molecular flexibility index (Phi) is 3.64. The molecular weight excluding hydrogens is 264 g/mol. The summed E-state index contributed by atoms with van der Waals surface area (Å²) in [7, 11) is -15.8. The average molecular weight is 270 g/mol. The van der Waals surface area contributed by atoms with Crippen molar-refractivity contribution in [3.63, 3.8) is 0 Å². The fraction of sp³-hybridized carbons (Fsp3) is 1.00. The minimum absolute atomic E-state index is 0.471. The van der Waals surface area contributed by atoms with Gasteiger partial charge in [-0.1, -0.05) is 0 Å². The van der Waals surface area contributed by atoms with E-state index >= 15 is 0 Å². The summed E-state index contributed by atoms with van der Waals surface area (Å²) in [6, 6.07) is 0. The highest BCUT2D eigenvalue weighted by Gasteiger charge is 2.48. The third kappa shape index (κ3) is 3.14. The molecule has 0 bridgehead atoms. The van der Waals surface area contributed by atoms with Gasteiger partial charge in [0.1, 0.15) is 0 Å². The van der Waals surface area contributed by atoms with Gasteiger partial charge in [-0.15, -0.1) is 0 Å². The zero-order valence-electron chi connectivity index (χ0n) is 6.55. The van der Waals surface area contributed by atoms with E-state index in [0.29, 0.717) is 7.11 Å². The van der Waals surface area contributed by atoms with Crippen molar-refractivity contribution in [2.45, 2.75) is 3.91 Å². The maximum atomic E-state index is 10.7. The lowest BCUT2D eigenvalue weighted by Gasteiger charge is -2.09. The topological polar surface area (TPSA) is 152 Å². The highest BCUT2D eigenvalue weighted by Crippen LogP contribution is 2.15. The van der Waals surface area contributed by atoms with Gasteiger partial charge >= 0.3 is 34.3 Å². The van der Waals surface area contributed by atoms with Crippen molar-refractivity contribution in [1.29, 1.82) is 0 Å². The van der Waals surface area contributed by atoms with Crippen molar-refractivity contribution in [1.82, 2.24) is 0 Å². The number of rotatable bonds is 4. The van der Waals surface area contributed by atoms with E-state index in [1.165, 1.54) is 0 Å². The van der Waals surface area contributed by atoms with Crippen LogP contribution in [0.5, 0.6) is 0 Å². The van der Waals surface area contributed by atoms with E-state index in [2.05, 4.69) is 4.18 Å². The van der Waals surface area contributed by atoms with E-state index in [1.807, 2.05) is 0 Å². The normalized spacial score (nSPS) is 14.6. The van der Waals surface area contributed by atoms with Gasteiger partial charge < -0.3 is 0 Å². The minimum Gasteiger partial charge on any atom is -0.284 e. The maximum absolute atomic E-state index is 10.7. The van der Waals surface area contributed by atoms with E-state index in [-0.39, 0.29) is 0 Å². The summed E-state index contributed by atoms with van der Waals surface area (Å²) in [6.45, 7) is 0. The molecule has 0 heterocycles. The molecular formula is C2H6O9S3.